The number of rotatable bonds is 5. The fourth-order valence-corrected chi connectivity index (χ4v) is 3.21. The second-order valence-corrected chi connectivity index (χ2v) is 6.81. The molecule has 0 aliphatic carbocycles. The van der Waals surface area contributed by atoms with Gasteiger partial charge in [-0.25, -0.2) is 0 Å². The summed E-state index contributed by atoms with van der Waals surface area (Å²) in [4.78, 5) is 12.5. The van der Waals surface area contributed by atoms with Crippen LogP contribution in [0.1, 0.15) is 16.1 Å². The lowest BCUT2D eigenvalue weighted by Gasteiger charge is -2.02. The third-order valence-corrected chi connectivity index (χ3v) is 5.03. The van der Waals surface area contributed by atoms with E-state index in [9.17, 15) is 4.79 Å². The van der Waals surface area contributed by atoms with Gasteiger partial charge in [0.1, 0.15) is 5.76 Å². The van der Waals surface area contributed by atoms with Crippen molar-refractivity contribution in [1.82, 2.24) is 10.2 Å². The second-order valence-electron chi connectivity index (χ2n) is 6.03. The van der Waals surface area contributed by atoms with Crippen LogP contribution in [0.4, 0.5) is 0 Å². The molecule has 0 radical (unpaired) electrons. The number of carbonyl (C=O) groups is 1. The average Bonchev–Trinajstić information content (AvgIpc) is 3.38. The van der Waals surface area contributed by atoms with Crippen LogP contribution < -0.4 is 0 Å². The number of carbonyl (C=O) groups excluding carboxylic acids is 1. The maximum Gasteiger partial charge on any atom is 0.221 e. The Labute approximate surface area is 171 Å². The highest BCUT2D eigenvalue weighted by molar-refractivity contribution is 6.43. The Morgan fingerprint density at radius 1 is 1.00 bits per heavy atom. The Hall–Kier alpha value is -3.08. The minimum Gasteiger partial charge on any atom is -0.453 e. The topological polar surface area (TPSA) is 58.9 Å². The summed E-state index contributed by atoms with van der Waals surface area (Å²) in [5, 5.41) is 7.85. The molecule has 0 atom stereocenters. The molecule has 2 aromatic heterocycles. The first-order chi connectivity index (χ1) is 13.6. The lowest BCUT2D eigenvalue weighted by Crippen LogP contribution is -1.91. The Morgan fingerprint density at radius 3 is 2.64 bits per heavy atom. The van der Waals surface area contributed by atoms with Crippen molar-refractivity contribution in [2.45, 2.75) is 0 Å². The van der Waals surface area contributed by atoms with E-state index in [2.05, 4.69) is 10.2 Å². The van der Waals surface area contributed by atoms with Crippen molar-refractivity contribution in [3.05, 3.63) is 94.3 Å². The molecule has 0 fully saturated rings. The third kappa shape index (κ3) is 3.65. The van der Waals surface area contributed by atoms with Gasteiger partial charge < -0.3 is 4.42 Å². The van der Waals surface area contributed by atoms with E-state index in [1.807, 2.05) is 30.3 Å². The molecule has 0 bridgehead atoms. The van der Waals surface area contributed by atoms with Crippen molar-refractivity contribution in [2.24, 2.45) is 0 Å². The van der Waals surface area contributed by atoms with Crippen molar-refractivity contribution in [1.29, 1.82) is 0 Å². The predicted molar refractivity (Wildman–Crippen MR) is 112 cm³/mol. The van der Waals surface area contributed by atoms with E-state index >= 15 is 0 Å². The molecule has 0 saturated carbocycles. The first kappa shape index (κ1) is 18.3. The van der Waals surface area contributed by atoms with Gasteiger partial charge in [-0.15, -0.1) is 0 Å². The van der Waals surface area contributed by atoms with Crippen molar-refractivity contribution < 1.29 is 9.21 Å². The van der Waals surface area contributed by atoms with Crippen molar-refractivity contribution in [3.8, 4) is 22.6 Å². The molecule has 1 N–H and O–H groups in total. The molecule has 2 heterocycles. The summed E-state index contributed by atoms with van der Waals surface area (Å²) in [6, 6.07) is 18.4. The number of benzene rings is 2. The van der Waals surface area contributed by atoms with Crippen LogP contribution in [-0.4, -0.2) is 16.0 Å². The van der Waals surface area contributed by atoms with Gasteiger partial charge in [0.05, 0.1) is 21.9 Å². The van der Waals surface area contributed by atoms with Crippen LogP contribution in [0.2, 0.25) is 10.0 Å². The first-order valence-electron chi connectivity index (χ1n) is 8.49. The Kier molecular flexibility index (Phi) is 5.15. The molecule has 4 rings (SSSR count). The normalized spacial score (nSPS) is 11.2. The monoisotopic (exact) mass is 408 g/mol. The van der Waals surface area contributed by atoms with Crippen LogP contribution in [-0.2, 0) is 0 Å². The standard InChI is InChI=1S/C22H14Cl2N2O2/c23-17-8-4-7-16(21(17)24)19-11-12-20(28-19)18(27)10-9-15-13-25-26-22(15)14-5-2-1-3-6-14/h1-13H,(H,25,26)/b10-9+. The molecular weight excluding hydrogens is 395 g/mol. The summed E-state index contributed by atoms with van der Waals surface area (Å²) in [5.41, 5.74) is 3.28. The van der Waals surface area contributed by atoms with Gasteiger partial charge in [-0.1, -0.05) is 59.6 Å². The van der Waals surface area contributed by atoms with Gasteiger partial charge in [-0.2, -0.15) is 5.10 Å². The van der Waals surface area contributed by atoms with Crippen molar-refractivity contribution in [2.75, 3.05) is 0 Å². The predicted octanol–water partition coefficient (Wildman–Crippen LogP) is 6.54. The molecule has 138 valence electrons. The second kappa shape index (κ2) is 7.89. The summed E-state index contributed by atoms with van der Waals surface area (Å²) in [5.74, 6) is 0.439. The molecule has 28 heavy (non-hydrogen) atoms. The largest absolute Gasteiger partial charge is 0.453 e. The molecule has 0 spiro atoms. The highest BCUT2D eigenvalue weighted by atomic mass is 35.5. The summed E-state index contributed by atoms with van der Waals surface area (Å²) in [7, 11) is 0. The molecule has 0 unspecified atom stereocenters. The molecule has 0 amide bonds. The molecule has 4 aromatic rings. The summed E-state index contributed by atoms with van der Waals surface area (Å²) in [6.45, 7) is 0. The van der Waals surface area contributed by atoms with Gasteiger partial charge in [0.25, 0.3) is 0 Å². The minimum absolute atomic E-state index is 0.215. The summed E-state index contributed by atoms with van der Waals surface area (Å²) >= 11 is 12.3. The van der Waals surface area contributed by atoms with Crippen molar-refractivity contribution >= 4 is 35.1 Å². The Morgan fingerprint density at radius 2 is 1.82 bits per heavy atom. The highest BCUT2D eigenvalue weighted by Gasteiger charge is 2.14. The number of furan rings is 1. The molecule has 4 nitrogen and oxygen atoms in total. The molecule has 2 aromatic carbocycles. The van der Waals surface area contributed by atoms with E-state index in [0.717, 1.165) is 16.8 Å². The zero-order valence-electron chi connectivity index (χ0n) is 14.5. The van der Waals surface area contributed by atoms with Crippen LogP contribution in [0.15, 0.2) is 77.4 Å². The van der Waals surface area contributed by atoms with Gasteiger partial charge in [-0.05, 0) is 36.4 Å². The number of nitrogens with one attached hydrogen (secondary N) is 1. The van der Waals surface area contributed by atoms with Gasteiger partial charge in [0.2, 0.25) is 5.78 Å². The maximum atomic E-state index is 12.5. The van der Waals surface area contributed by atoms with E-state index < -0.39 is 0 Å². The van der Waals surface area contributed by atoms with E-state index in [1.54, 1.807) is 42.6 Å². The average molecular weight is 409 g/mol. The van der Waals surface area contributed by atoms with Crippen LogP contribution >= 0.6 is 23.2 Å². The molecular formula is C22H14Cl2N2O2. The zero-order chi connectivity index (χ0) is 19.5. The number of hydrogen-bond donors (Lipinski definition) is 1. The summed E-state index contributed by atoms with van der Waals surface area (Å²) in [6.07, 6.45) is 4.84. The number of aromatic amines is 1. The van der Waals surface area contributed by atoms with Gasteiger partial charge in [-0.3, -0.25) is 9.89 Å². The lowest BCUT2D eigenvalue weighted by molar-refractivity contribution is 0.102. The van der Waals surface area contributed by atoms with Crippen LogP contribution in [0.5, 0.6) is 0 Å². The maximum absolute atomic E-state index is 12.5. The number of nitrogens with zero attached hydrogens (tertiary/aromatic N) is 1. The Balaban J connectivity index is 1.57. The smallest absolute Gasteiger partial charge is 0.221 e. The minimum atomic E-state index is -0.260. The molecule has 0 aliphatic rings. The molecule has 6 heteroatoms. The lowest BCUT2D eigenvalue weighted by atomic mass is 10.1. The fraction of sp³-hybridized carbons (Fsp3) is 0. The number of aromatic nitrogens is 2. The van der Waals surface area contributed by atoms with Gasteiger partial charge in [0.15, 0.2) is 5.76 Å². The van der Waals surface area contributed by atoms with Crippen molar-refractivity contribution in [3.63, 3.8) is 0 Å². The zero-order valence-corrected chi connectivity index (χ0v) is 16.0. The fourth-order valence-electron chi connectivity index (χ4n) is 2.81. The van der Waals surface area contributed by atoms with E-state index in [4.69, 9.17) is 27.6 Å². The number of allylic oxidation sites excluding steroid dienone is 1. The number of ketones is 1. The number of hydrogen-bond acceptors (Lipinski definition) is 3. The number of halogens is 2. The third-order valence-electron chi connectivity index (χ3n) is 4.21. The molecule has 0 saturated heterocycles. The summed E-state index contributed by atoms with van der Waals surface area (Å²) < 4.78 is 5.68. The number of H-pyrrole nitrogens is 1. The van der Waals surface area contributed by atoms with Crippen LogP contribution in [0.3, 0.4) is 0 Å². The van der Waals surface area contributed by atoms with Gasteiger partial charge >= 0.3 is 0 Å². The van der Waals surface area contributed by atoms with E-state index in [1.165, 1.54) is 6.08 Å². The quantitative estimate of drug-likeness (QED) is 0.301. The van der Waals surface area contributed by atoms with Crippen LogP contribution in [0, 0.1) is 0 Å². The molecule has 0 aliphatic heterocycles. The first-order valence-corrected chi connectivity index (χ1v) is 9.24. The van der Waals surface area contributed by atoms with Gasteiger partial charge in [0, 0.05) is 16.7 Å². The van der Waals surface area contributed by atoms with E-state index in [-0.39, 0.29) is 11.5 Å². The SMILES string of the molecule is O=C(/C=C/c1cn[nH]c1-c1ccccc1)c1ccc(-c2cccc(Cl)c2Cl)o1. The highest BCUT2D eigenvalue weighted by Crippen LogP contribution is 2.34. The van der Waals surface area contributed by atoms with E-state index in [0.29, 0.717) is 21.4 Å². The van der Waals surface area contributed by atoms with Crippen LogP contribution in [0.25, 0.3) is 28.7 Å². The Bertz CT molecular complexity index is 1160.